The maximum absolute atomic E-state index is 11.9. The molecule has 0 bridgehead atoms. The lowest BCUT2D eigenvalue weighted by atomic mass is 10.0. The highest BCUT2D eigenvalue weighted by atomic mass is 35.5. The SMILES string of the molecule is C[C@H](CNC(=O)COC(=O)c1ccc(Cl)cc1Cl)c1ccccc1. The Balaban J connectivity index is 1.79. The maximum Gasteiger partial charge on any atom is 0.340 e. The number of rotatable bonds is 6. The summed E-state index contributed by atoms with van der Waals surface area (Å²) in [5.41, 5.74) is 1.30. The van der Waals surface area contributed by atoms with E-state index in [4.69, 9.17) is 27.9 Å². The van der Waals surface area contributed by atoms with Gasteiger partial charge in [0.2, 0.25) is 0 Å². The van der Waals surface area contributed by atoms with Crippen molar-refractivity contribution in [3.8, 4) is 0 Å². The van der Waals surface area contributed by atoms with Gasteiger partial charge in [0.15, 0.2) is 6.61 Å². The van der Waals surface area contributed by atoms with Gasteiger partial charge in [-0.25, -0.2) is 4.79 Å². The number of halogens is 2. The Bertz CT molecular complexity index is 719. The highest BCUT2D eigenvalue weighted by Gasteiger charge is 2.14. The Hall–Kier alpha value is -2.04. The summed E-state index contributed by atoms with van der Waals surface area (Å²) in [6.07, 6.45) is 0. The van der Waals surface area contributed by atoms with Gasteiger partial charge in [0.1, 0.15) is 0 Å². The Morgan fingerprint density at radius 1 is 1.12 bits per heavy atom. The molecule has 24 heavy (non-hydrogen) atoms. The van der Waals surface area contributed by atoms with Crippen molar-refractivity contribution < 1.29 is 14.3 Å². The van der Waals surface area contributed by atoms with Crippen LogP contribution in [0.2, 0.25) is 10.0 Å². The van der Waals surface area contributed by atoms with Crippen LogP contribution in [0, 0.1) is 0 Å². The van der Waals surface area contributed by atoms with Crippen molar-refractivity contribution >= 4 is 35.1 Å². The molecule has 6 heteroatoms. The van der Waals surface area contributed by atoms with E-state index in [2.05, 4.69) is 5.32 Å². The first-order chi connectivity index (χ1) is 11.5. The Kier molecular flexibility index (Phi) is 6.64. The second-order valence-corrected chi connectivity index (χ2v) is 6.16. The van der Waals surface area contributed by atoms with Gasteiger partial charge in [-0.15, -0.1) is 0 Å². The minimum atomic E-state index is -0.664. The third kappa shape index (κ3) is 5.25. The van der Waals surface area contributed by atoms with E-state index in [1.54, 1.807) is 0 Å². The van der Waals surface area contributed by atoms with Gasteiger partial charge in [0.05, 0.1) is 10.6 Å². The van der Waals surface area contributed by atoms with Crippen LogP contribution in [0.4, 0.5) is 0 Å². The van der Waals surface area contributed by atoms with E-state index < -0.39 is 5.97 Å². The van der Waals surface area contributed by atoms with Gasteiger partial charge >= 0.3 is 5.97 Å². The Labute approximate surface area is 150 Å². The first-order valence-electron chi connectivity index (χ1n) is 7.41. The smallest absolute Gasteiger partial charge is 0.340 e. The molecule has 0 unspecified atom stereocenters. The molecule has 0 fully saturated rings. The van der Waals surface area contributed by atoms with Crippen LogP contribution in [-0.2, 0) is 9.53 Å². The molecule has 0 aromatic heterocycles. The monoisotopic (exact) mass is 365 g/mol. The summed E-state index contributed by atoms with van der Waals surface area (Å²) in [4.78, 5) is 23.7. The lowest BCUT2D eigenvalue weighted by Gasteiger charge is -2.13. The highest BCUT2D eigenvalue weighted by Crippen LogP contribution is 2.21. The molecule has 0 aliphatic carbocycles. The molecule has 2 rings (SSSR count). The molecule has 0 aliphatic rings. The molecule has 126 valence electrons. The number of esters is 1. The van der Waals surface area contributed by atoms with Crippen molar-refractivity contribution in [1.82, 2.24) is 5.32 Å². The van der Waals surface area contributed by atoms with E-state index in [1.807, 2.05) is 37.3 Å². The zero-order valence-corrected chi connectivity index (χ0v) is 14.6. The van der Waals surface area contributed by atoms with Crippen molar-refractivity contribution in [2.24, 2.45) is 0 Å². The van der Waals surface area contributed by atoms with Gasteiger partial charge in [0.25, 0.3) is 5.91 Å². The molecule has 0 radical (unpaired) electrons. The molecule has 1 amide bonds. The van der Waals surface area contributed by atoms with E-state index in [0.29, 0.717) is 11.6 Å². The lowest BCUT2D eigenvalue weighted by Crippen LogP contribution is -2.31. The molecule has 2 aromatic rings. The summed E-state index contributed by atoms with van der Waals surface area (Å²) in [5, 5.41) is 3.35. The first-order valence-corrected chi connectivity index (χ1v) is 8.17. The number of carbonyl (C=O) groups is 2. The predicted octanol–water partition coefficient (Wildman–Crippen LogP) is 4.07. The predicted molar refractivity (Wildman–Crippen MR) is 94.6 cm³/mol. The zero-order chi connectivity index (χ0) is 17.5. The highest BCUT2D eigenvalue weighted by molar-refractivity contribution is 6.36. The lowest BCUT2D eigenvalue weighted by molar-refractivity contribution is -0.124. The number of amides is 1. The molecule has 0 saturated heterocycles. The summed E-state index contributed by atoms with van der Waals surface area (Å²) in [6.45, 7) is 2.11. The topological polar surface area (TPSA) is 55.4 Å². The quantitative estimate of drug-likeness (QED) is 0.784. The van der Waals surface area contributed by atoms with E-state index in [1.165, 1.54) is 18.2 Å². The maximum atomic E-state index is 11.9. The van der Waals surface area contributed by atoms with Gasteiger partial charge in [-0.1, -0.05) is 60.5 Å². The summed E-state index contributed by atoms with van der Waals surface area (Å²) in [6, 6.07) is 14.3. The molecule has 4 nitrogen and oxygen atoms in total. The second kappa shape index (κ2) is 8.71. The fourth-order valence-electron chi connectivity index (χ4n) is 2.08. The van der Waals surface area contributed by atoms with Crippen molar-refractivity contribution in [3.05, 3.63) is 69.7 Å². The minimum Gasteiger partial charge on any atom is -0.452 e. The van der Waals surface area contributed by atoms with Crippen LogP contribution in [0.3, 0.4) is 0 Å². The molecule has 1 N–H and O–H groups in total. The van der Waals surface area contributed by atoms with Gasteiger partial charge < -0.3 is 10.1 Å². The number of nitrogens with one attached hydrogen (secondary N) is 1. The fraction of sp³-hybridized carbons (Fsp3) is 0.222. The van der Waals surface area contributed by atoms with Gasteiger partial charge in [-0.3, -0.25) is 4.79 Å². The van der Waals surface area contributed by atoms with Crippen LogP contribution in [0.5, 0.6) is 0 Å². The van der Waals surface area contributed by atoms with E-state index in [9.17, 15) is 9.59 Å². The minimum absolute atomic E-state index is 0.163. The van der Waals surface area contributed by atoms with Crippen LogP contribution in [0.15, 0.2) is 48.5 Å². The molecular weight excluding hydrogens is 349 g/mol. The summed E-state index contributed by atoms with van der Waals surface area (Å²) in [5.74, 6) is -0.865. The van der Waals surface area contributed by atoms with Crippen LogP contribution in [-0.4, -0.2) is 25.0 Å². The largest absolute Gasteiger partial charge is 0.452 e. The fourth-order valence-corrected chi connectivity index (χ4v) is 2.57. The summed E-state index contributed by atoms with van der Waals surface area (Å²) in [7, 11) is 0. The molecule has 0 spiro atoms. The molecular formula is C18H17Cl2NO3. The van der Waals surface area contributed by atoms with E-state index in [-0.39, 0.29) is 29.0 Å². The van der Waals surface area contributed by atoms with E-state index >= 15 is 0 Å². The van der Waals surface area contributed by atoms with Gasteiger partial charge in [0, 0.05) is 11.6 Å². The second-order valence-electron chi connectivity index (χ2n) is 5.32. The first kappa shape index (κ1) is 18.3. The third-order valence-corrected chi connectivity index (χ3v) is 4.01. The normalized spacial score (nSPS) is 11.6. The zero-order valence-electron chi connectivity index (χ0n) is 13.1. The Morgan fingerprint density at radius 3 is 2.50 bits per heavy atom. The standard InChI is InChI=1S/C18H17Cl2NO3/c1-12(13-5-3-2-4-6-13)10-21-17(22)11-24-18(23)15-8-7-14(19)9-16(15)20/h2-9,12H,10-11H2,1H3,(H,21,22)/t12-/m1/s1. The van der Waals surface area contributed by atoms with Crippen molar-refractivity contribution in [3.63, 3.8) is 0 Å². The van der Waals surface area contributed by atoms with Gasteiger partial charge in [-0.05, 0) is 29.7 Å². The Morgan fingerprint density at radius 2 is 1.83 bits per heavy atom. The van der Waals surface area contributed by atoms with Crippen LogP contribution in [0.1, 0.15) is 28.8 Å². The van der Waals surface area contributed by atoms with Crippen molar-refractivity contribution in [1.29, 1.82) is 0 Å². The van der Waals surface area contributed by atoms with Crippen LogP contribution < -0.4 is 5.32 Å². The average Bonchev–Trinajstić information content (AvgIpc) is 2.58. The van der Waals surface area contributed by atoms with Crippen molar-refractivity contribution in [2.75, 3.05) is 13.2 Å². The number of ether oxygens (including phenoxy) is 1. The van der Waals surface area contributed by atoms with Gasteiger partial charge in [-0.2, -0.15) is 0 Å². The average molecular weight is 366 g/mol. The summed E-state index contributed by atoms with van der Waals surface area (Å²) >= 11 is 11.7. The number of hydrogen-bond acceptors (Lipinski definition) is 3. The number of benzene rings is 2. The molecule has 0 heterocycles. The van der Waals surface area contributed by atoms with E-state index in [0.717, 1.165) is 5.56 Å². The van der Waals surface area contributed by atoms with Crippen LogP contribution >= 0.6 is 23.2 Å². The molecule has 0 saturated carbocycles. The third-order valence-electron chi connectivity index (χ3n) is 3.46. The summed E-state index contributed by atoms with van der Waals surface area (Å²) < 4.78 is 4.97. The van der Waals surface area contributed by atoms with Crippen molar-refractivity contribution in [2.45, 2.75) is 12.8 Å². The molecule has 1 atom stereocenters. The number of carbonyl (C=O) groups excluding carboxylic acids is 2. The molecule has 2 aromatic carbocycles. The molecule has 0 aliphatic heterocycles. The number of hydrogen-bond donors (Lipinski definition) is 1. The van der Waals surface area contributed by atoms with Crippen LogP contribution in [0.25, 0.3) is 0 Å².